The summed E-state index contributed by atoms with van der Waals surface area (Å²) in [5, 5.41) is 11.3. The Morgan fingerprint density at radius 2 is 2.22 bits per heavy atom. The zero-order valence-corrected chi connectivity index (χ0v) is 13.2. The van der Waals surface area contributed by atoms with Gasteiger partial charge in [-0.1, -0.05) is 0 Å². The fourth-order valence-corrected chi connectivity index (χ4v) is 2.57. The first-order valence-corrected chi connectivity index (χ1v) is 7.41. The third-order valence-corrected chi connectivity index (χ3v) is 3.75. The molecule has 0 saturated heterocycles. The molecule has 0 saturated carbocycles. The van der Waals surface area contributed by atoms with E-state index in [0.717, 1.165) is 31.0 Å². The van der Waals surface area contributed by atoms with E-state index >= 15 is 0 Å². The van der Waals surface area contributed by atoms with E-state index in [1.807, 2.05) is 6.07 Å². The predicted octanol–water partition coefficient (Wildman–Crippen LogP) is 1.17. The van der Waals surface area contributed by atoms with E-state index in [1.165, 1.54) is 0 Å². The number of guanidine groups is 1. The van der Waals surface area contributed by atoms with Gasteiger partial charge in [0.15, 0.2) is 11.8 Å². The number of hydrogen-bond donors (Lipinski definition) is 2. The largest absolute Gasteiger partial charge is 0.497 e. The molecule has 0 spiro atoms. The van der Waals surface area contributed by atoms with Crippen molar-refractivity contribution in [3.63, 3.8) is 0 Å². The molecule has 8 nitrogen and oxygen atoms in total. The molecule has 0 unspecified atom stereocenters. The van der Waals surface area contributed by atoms with Gasteiger partial charge >= 0.3 is 0 Å². The number of nitrogens with one attached hydrogen (secondary N) is 1. The monoisotopic (exact) mass is 316 g/mol. The summed E-state index contributed by atoms with van der Waals surface area (Å²) < 4.78 is 12.6. The number of ether oxygens (including phenoxy) is 2. The number of nitrogens with two attached hydrogens (primary N) is 1. The Labute approximate surface area is 134 Å². The lowest BCUT2D eigenvalue weighted by atomic mass is 10.2. The number of rotatable bonds is 5. The molecule has 0 amide bonds. The number of aryl methyl sites for hydroxylation is 1. The van der Waals surface area contributed by atoms with Crippen LogP contribution in [0.5, 0.6) is 11.5 Å². The van der Waals surface area contributed by atoms with E-state index in [4.69, 9.17) is 15.2 Å². The molecular weight excluding hydrogens is 296 g/mol. The van der Waals surface area contributed by atoms with Gasteiger partial charge in [0.25, 0.3) is 0 Å². The fourth-order valence-electron chi connectivity index (χ4n) is 2.57. The highest BCUT2D eigenvalue weighted by molar-refractivity contribution is 5.93. The maximum atomic E-state index is 5.97. The van der Waals surface area contributed by atoms with Gasteiger partial charge in [-0.2, -0.15) is 0 Å². The molecular formula is C15H20N6O2. The zero-order chi connectivity index (χ0) is 16.2. The summed E-state index contributed by atoms with van der Waals surface area (Å²) >= 11 is 0. The summed E-state index contributed by atoms with van der Waals surface area (Å²) in [6, 6.07) is 5.42. The smallest absolute Gasteiger partial charge is 0.193 e. The summed E-state index contributed by atoms with van der Waals surface area (Å²) in [6.45, 7) is 1.34. The van der Waals surface area contributed by atoms with E-state index in [1.54, 1.807) is 26.4 Å². The maximum absolute atomic E-state index is 5.97. The summed E-state index contributed by atoms with van der Waals surface area (Å²) in [5.74, 6) is 3.51. The molecule has 1 aromatic carbocycles. The van der Waals surface area contributed by atoms with Crippen molar-refractivity contribution >= 4 is 11.6 Å². The van der Waals surface area contributed by atoms with Gasteiger partial charge in [0.05, 0.1) is 19.9 Å². The van der Waals surface area contributed by atoms with Gasteiger partial charge in [-0.25, -0.2) is 4.99 Å². The van der Waals surface area contributed by atoms with Crippen LogP contribution in [0, 0.1) is 0 Å². The quantitative estimate of drug-likeness (QED) is 0.634. The Balaban J connectivity index is 1.72. The zero-order valence-electron chi connectivity index (χ0n) is 13.2. The molecule has 122 valence electrons. The molecule has 3 rings (SSSR count). The maximum Gasteiger partial charge on any atom is 0.193 e. The normalized spacial score (nSPS) is 13.7. The van der Waals surface area contributed by atoms with Crippen LogP contribution in [0.15, 0.2) is 23.2 Å². The number of nitrogens with zero attached hydrogens (tertiary/aromatic N) is 4. The van der Waals surface area contributed by atoms with Crippen molar-refractivity contribution in [2.24, 2.45) is 10.7 Å². The van der Waals surface area contributed by atoms with Crippen molar-refractivity contribution in [3.05, 3.63) is 29.8 Å². The van der Waals surface area contributed by atoms with Crippen molar-refractivity contribution in [1.82, 2.24) is 14.8 Å². The Morgan fingerprint density at radius 1 is 1.35 bits per heavy atom. The summed E-state index contributed by atoms with van der Waals surface area (Å²) in [5.41, 5.74) is 6.66. The first-order chi connectivity index (χ1) is 11.2. The van der Waals surface area contributed by atoms with E-state index < -0.39 is 0 Å². The van der Waals surface area contributed by atoms with Crippen LogP contribution in [0.3, 0.4) is 0 Å². The fraction of sp³-hybridized carbons (Fsp3) is 0.400. The topological polar surface area (TPSA) is 99.6 Å². The molecule has 2 heterocycles. The molecule has 3 N–H and O–H groups in total. The highest BCUT2D eigenvalue weighted by Crippen LogP contribution is 2.28. The van der Waals surface area contributed by atoms with Crippen molar-refractivity contribution in [3.8, 4) is 11.5 Å². The Kier molecular flexibility index (Phi) is 4.31. The van der Waals surface area contributed by atoms with Crippen LogP contribution in [0.1, 0.15) is 18.1 Å². The second-order valence-corrected chi connectivity index (χ2v) is 5.18. The molecule has 8 heteroatoms. The van der Waals surface area contributed by atoms with Crippen LogP contribution in [0.25, 0.3) is 0 Å². The van der Waals surface area contributed by atoms with Crippen LogP contribution in [0.2, 0.25) is 0 Å². The average molecular weight is 316 g/mol. The van der Waals surface area contributed by atoms with Gasteiger partial charge in [0.2, 0.25) is 0 Å². The Hall–Kier alpha value is -2.77. The lowest BCUT2D eigenvalue weighted by Gasteiger charge is -2.12. The number of fused-ring (bicyclic) bond motifs is 1. The number of anilines is 1. The van der Waals surface area contributed by atoms with Gasteiger partial charge < -0.3 is 25.1 Å². The molecule has 0 bridgehead atoms. The number of aromatic nitrogens is 3. The molecule has 0 atom stereocenters. The van der Waals surface area contributed by atoms with Gasteiger partial charge in [-0.05, 0) is 18.6 Å². The van der Waals surface area contributed by atoms with Gasteiger partial charge in [-0.3, -0.25) is 0 Å². The molecule has 1 aliphatic heterocycles. The van der Waals surface area contributed by atoms with E-state index in [2.05, 4.69) is 25.1 Å². The molecule has 23 heavy (non-hydrogen) atoms. The highest BCUT2D eigenvalue weighted by Gasteiger charge is 2.16. The van der Waals surface area contributed by atoms with Crippen molar-refractivity contribution in [1.29, 1.82) is 0 Å². The van der Waals surface area contributed by atoms with E-state index in [0.29, 0.717) is 23.7 Å². The summed E-state index contributed by atoms with van der Waals surface area (Å²) in [6.07, 6.45) is 2.09. The SMILES string of the molecule is COc1ccc(OC)c(NC(N)=NCc2nnc3n2CCC3)c1. The Bertz CT molecular complexity index is 725. The number of aliphatic imine (C=N–C) groups is 1. The standard InChI is InChI=1S/C15H20N6O2/c1-22-10-5-6-12(23-2)11(8-10)18-15(16)17-9-14-20-19-13-4-3-7-21(13)14/h5-6,8H,3-4,7,9H2,1-2H3,(H3,16,17,18). The molecule has 1 aliphatic rings. The minimum Gasteiger partial charge on any atom is -0.497 e. The first-order valence-electron chi connectivity index (χ1n) is 7.41. The second kappa shape index (κ2) is 6.55. The highest BCUT2D eigenvalue weighted by atomic mass is 16.5. The van der Waals surface area contributed by atoms with Crippen LogP contribution in [-0.2, 0) is 19.5 Å². The summed E-state index contributed by atoms with van der Waals surface area (Å²) in [7, 11) is 3.20. The molecule has 2 aromatic rings. The van der Waals surface area contributed by atoms with Gasteiger partial charge in [0, 0.05) is 19.0 Å². The van der Waals surface area contributed by atoms with E-state index in [-0.39, 0.29) is 5.96 Å². The summed E-state index contributed by atoms with van der Waals surface area (Å²) in [4.78, 5) is 4.33. The number of benzene rings is 1. The average Bonchev–Trinajstić information content (AvgIpc) is 3.16. The predicted molar refractivity (Wildman–Crippen MR) is 86.8 cm³/mol. The van der Waals surface area contributed by atoms with Crippen LogP contribution >= 0.6 is 0 Å². The molecule has 1 aromatic heterocycles. The lowest BCUT2D eigenvalue weighted by Crippen LogP contribution is -2.23. The van der Waals surface area contributed by atoms with Crippen LogP contribution < -0.4 is 20.5 Å². The second-order valence-electron chi connectivity index (χ2n) is 5.18. The van der Waals surface area contributed by atoms with Gasteiger partial charge in [-0.15, -0.1) is 10.2 Å². The van der Waals surface area contributed by atoms with E-state index in [9.17, 15) is 0 Å². The van der Waals surface area contributed by atoms with Crippen molar-refractivity contribution in [2.45, 2.75) is 25.9 Å². The third kappa shape index (κ3) is 3.20. The lowest BCUT2D eigenvalue weighted by molar-refractivity contribution is 0.405. The van der Waals surface area contributed by atoms with Gasteiger partial charge in [0.1, 0.15) is 23.9 Å². The van der Waals surface area contributed by atoms with Crippen molar-refractivity contribution in [2.75, 3.05) is 19.5 Å². The van der Waals surface area contributed by atoms with Crippen LogP contribution in [-0.4, -0.2) is 34.9 Å². The number of methoxy groups -OCH3 is 2. The molecule has 0 fully saturated rings. The Morgan fingerprint density at radius 3 is 3.00 bits per heavy atom. The molecule has 0 aliphatic carbocycles. The molecule has 0 radical (unpaired) electrons. The third-order valence-electron chi connectivity index (χ3n) is 3.75. The van der Waals surface area contributed by atoms with Crippen molar-refractivity contribution < 1.29 is 9.47 Å². The minimum atomic E-state index is 0.284. The minimum absolute atomic E-state index is 0.284. The van der Waals surface area contributed by atoms with Crippen LogP contribution in [0.4, 0.5) is 5.69 Å². The number of hydrogen-bond acceptors (Lipinski definition) is 5. The first kappa shape index (κ1) is 15.1.